The van der Waals surface area contributed by atoms with Crippen molar-refractivity contribution in [2.45, 2.75) is 23.8 Å². The largest absolute Gasteiger partial charge is 0.440 e. The molecule has 2 aromatic carbocycles. The molecule has 0 aliphatic heterocycles. The van der Waals surface area contributed by atoms with E-state index in [4.69, 9.17) is 4.42 Å². The normalized spacial score (nSPS) is 11.5. The molecule has 0 radical (unpaired) electrons. The predicted octanol–water partition coefficient (Wildman–Crippen LogP) is 3.79. The molecule has 22 heavy (non-hydrogen) atoms. The maximum absolute atomic E-state index is 12.7. The molecule has 0 spiro atoms. The Balaban J connectivity index is 2.09. The highest BCUT2D eigenvalue weighted by Gasteiger charge is 2.26. The smallest absolute Gasteiger partial charge is 0.227 e. The van der Waals surface area contributed by atoms with Crippen molar-refractivity contribution in [2.75, 3.05) is 0 Å². The van der Waals surface area contributed by atoms with Gasteiger partial charge in [-0.2, -0.15) is 4.98 Å². The summed E-state index contributed by atoms with van der Waals surface area (Å²) in [7, 11) is -3.68. The molecule has 0 amide bonds. The van der Waals surface area contributed by atoms with Crippen molar-refractivity contribution in [3.05, 3.63) is 65.9 Å². The highest BCUT2D eigenvalue weighted by Crippen LogP contribution is 2.28. The van der Waals surface area contributed by atoms with Crippen LogP contribution in [0.1, 0.15) is 11.3 Å². The van der Waals surface area contributed by atoms with Crippen molar-refractivity contribution in [1.29, 1.82) is 0 Å². The molecule has 3 rings (SSSR count). The van der Waals surface area contributed by atoms with Gasteiger partial charge >= 0.3 is 0 Å². The first-order valence-electron chi connectivity index (χ1n) is 6.83. The summed E-state index contributed by atoms with van der Waals surface area (Å²) in [4.78, 5) is 4.41. The fourth-order valence-electron chi connectivity index (χ4n) is 2.17. The van der Waals surface area contributed by atoms with Crippen LogP contribution < -0.4 is 0 Å². The molecule has 0 fully saturated rings. The van der Waals surface area contributed by atoms with E-state index >= 15 is 0 Å². The highest BCUT2D eigenvalue weighted by molar-refractivity contribution is 7.91. The minimum atomic E-state index is -3.68. The van der Waals surface area contributed by atoms with Gasteiger partial charge in [0.2, 0.25) is 20.8 Å². The summed E-state index contributed by atoms with van der Waals surface area (Å²) in [5.41, 5.74) is 1.75. The van der Waals surface area contributed by atoms with E-state index in [1.165, 1.54) is 0 Å². The van der Waals surface area contributed by atoms with Crippen LogP contribution in [0, 0.1) is 13.8 Å². The zero-order valence-corrected chi connectivity index (χ0v) is 13.1. The highest BCUT2D eigenvalue weighted by atomic mass is 32.2. The second-order valence-corrected chi connectivity index (χ2v) is 6.93. The van der Waals surface area contributed by atoms with Gasteiger partial charge in [-0.1, -0.05) is 35.9 Å². The summed E-state index contributed by atoms with van der Waals surface area (Å²) >= 11 is 0. The summed E-state index contributed by atoms with van der Waals surface area (Å²) in [6, 6.07) is 15.9. The molecule has 0 atom stereocenters. The van der Waals surface area contributed by atoms with Gasteiger partial charge in [0.15, 0.2) is 0 Å². The Morgan fingerprint density at radius 1 is 0.909 bits per heavy atom. The van der Waals surface area contributed by atoms with Gasteiger partial charge in [-0.15, -0.1) is 0 Å². The number of oxazole rings is 1. The van der Waals surface area contributed by atoms with E-state index in [2.05, 4.69) is 4.98 Å². The number of sulfone groups is 1. The van der Waals surface area contributed by atoms with Crippen LogP contribution >= 0.6 is 0 Å². The molecular formula is C17H15NO3S. The van der Waals surface area contributed by atoms with E-state index in [1.807, 2.05) is 37.3 Å². The maximum Gasteiger partial charge on any atom is 0.227 e. The Morgan fingerprint density at radius 2 is 1.55 bits per heavy atom. The number of aryl methyl sites for hydroxylation is 2. The van der Waals surface area contributed by atoms with Gasteiger partial charge in [-0.05, 0) is 38.1 Å². The van der Waals surface area contributed by atoms with Crippen molar-refractivity contribution in [1.82, 2.24) is 4.98 Å². The third kappa shape index (κ3) is 2.55. The summed E-state index contributed by atoms with van der Waals surface area (Å²) < 4.78 is 30.9. The van der Waals surface area contributed by atoms with Crippen LogP contribution in [0.15, 0.2) is 68.9 Å². The summed E-state index contributed by atoms with van der Waals surface area (Å²) in [5, 5.41) is -0.0322. The van der Waals surface area contributed by atoms with E-state index in [0.29, 0.717) is 11.7 Å². The molecule has 1 heterocycles. The molecule has 0 aliphatic carbocycles. The fraction of sp³-hybridized carbons (Fsp3) is 0.118. The number of aromatic nitrogens is 1. The van der Waals surface area contributed by atoms with Crippen LogP contribution in [0.5, 0.6) is 0 Å². The summed E-state index contributed by atoms with van der Waals surface area (Å²) in [5.74, 6) is 0.600. The molecular weight excluding hydrogens is 298 g/mol. The lowest BCUT2D eigenvalue weighted by Crippen LogP contribution is -2.04. The molecule has 0 saturated carbocycles. The van der Waals surface area contributed by atoms with E-state index in [-0.39, 0.29) is 9.92 Å². The molecule has 0 unspecified atom stereocenters. The van der Waals surface area contributed by atoms with Gasteiger partial charge in [-0.3, -0.25) is 0 Å². The van der Waals surface area contributed by atoms with Gasteiger partial charge in [0, 0.05) is 5.56 Å². The lowest BCUT2D eigenvalue weighted by molar-refractivity contribution is 0.533. The number of benzene rings is 2. The molecule has 4 nitrogen and oxygen atoms in total. The van der Waals surface area contributed by atoms with Gasteiger partial charge in [0.1, 0.15) is 5.76 Å². The summed E-state index contributed by atoms with van der Waals surface area (Å²) in [6.45, 7) is 3.52. The van der Waals surface area contributed by atoms with Gasteiger partial charge in [-0.25, -0.2) is 8.42 Å². The SMILES string of the molecule is Cc1ccc(S(=O)(=O)c2nc(-c3ccccc3)oc2C)cc1. The van der Waals surface area contributed by atoms with Crippen molar-refractivity contribution >= 4 is 9.84 Å². The summed E-state index contributed by atoms with van der Waals surface area (Å²) in [6.07, 6.45) is 0. The first kappa shape index (κ1) is 14.5. The van der Waals surface area contributed by atoms with Gasteiger partial charge in [0.25, 0.3) is 0 Å². The lowest BCUT2D eigenvalue weighted by atomic mass is 10.2. The van der Waals surface area contributed by atoms with E-state index in [0.717, 1.165) is 11.1 Å². The van der Waals surface area contributed by atoms with E-state index in [9.17, 15) is 8.42 Å². The average molecular weight is 313 g/mol. The molecule has 0 bridgehead atoms. The van der Waals surface area contributed by atoms with Crippen LogP contribution in [0.2, 0.25) is 0 Å². The molecule has 5 heteroatoms. The van der Waals surface area contributed by atoms with Crippen molar-refractivity contribution < 1.29 is 12.8 Å². The van der Waals surface area contributed by atoms with Crippen LogP contribution in [0.4, 0.5) is 0 Å². The van der Waals surface area contributed by atoms with E-state index in [1.54, 1.807) is 31.2 Å². The van der Waals surface area contributed by atoms with Crippen LogP contribution in [-0.2, 0) is 9.84 Å². The Labute approximate surface area is 129 Å². The number of nitrogens with zero attached hydrogens (tertiary/aromatic N) is 1. The molecule has 0 saturated heterocycles. The molecule has 1 aromatic heterocycles. The Kier molecular flexibility index (Phi) is 3.58. The van der Waals surface area contributed by atoms with E-state index < -0.39 is 9.84 Å². The molecule has 0 N–H and O–H groups in total. The van der Waals surface area contributed by atoms with Crippen molar-refractivity contribution in [3.63, 3.8) is 0 Å². The third-order valence-electron chi connectivity index (χ3n) is 3.36. The predicted molar refractivity (Wildman–Crippen MR) is 83.3 cm³/mol. The third-order valence-corrected chi connectivity index (χ3v) is 5.14. The topological polar surface area (TPSA) is 60.2 Å². The Bertz CT molecular complexity index is 895. The van der Waals surface area contributed by atoms with Crippen LogP contribution in [0.3, 0.4) is 0 Å². The second-order valence-electron chi connectivity index (χ2n) is 5.06. The van der Waals surface area contributed by atoms with Gasteiger partial charge in [0.05, 0.1) is 4.90 Å². The zero-order chi connectivity index (χ0) is 15.7. The van der Waals surface area contributed by atoms with Crippen LogP contribution in [-0.4, -0.2) is 13.4 Å². The molecule has 3 aromatic rings. The molecule has 112 valence electrons. The number of rotatable bonds is 3. The van der Waals surface area contributed by atoms with Gasteiger partial charge < -0.3 is 4.42 Å². The zero-order valence-electron chi connectivity index (χ0n) is 12.3. The minimum absolute atomic E-state index is 0.0322. The lowest BCUT2D eigenvalue weighted by Gasteiger charge is -2.02. The fourth-order valence-corrected chi connectivity index (χ4v) is 3.51. The number of hydrogen-bond donors (Lipinski definition) is 0. The standard InChI is InChI=1S/C17H15NO3S/c1-12-8-10-15(11-9-12)22(19,20)17-13(2)21-16(18-17)14-6-4-3-5-7-14/h3-11H,1-2H3. The molecule has 0 aliphatic rings. The Morgan fingerprint density at radius 3 is 2.18 bits per heavy atom. The number of hydrogen-bond acceptors (Lipinski definition) is 4. The first-order valence-corrected chi connectivity index (χ1v) is 8.31. The first-order chi connectivity index (χ1) is 10.5. The maximum atomic E-state index is 12.7. The minimum Gasteiger partial charge on any atom is -0.440 e. The van der Waals surface area contributed by atoms with Crippen LogP contribution in [0.25, 0.3) is 11.5 Å². The average Bonchev–Trinajstić information content (AvgIpc) is 2.91. The Hall–Kier alpha value is -2.40. The van der Waals surface area contributed by atoms with Crippen molar-refractivity contribution in [3.8, 4) is 11.5 Å². The van der Waals surface area contributed by atoms with Crippen molar-refractivity contribution in [2.24, 2.45) is 0 Å². The monoisotopic (exact) mass is 313 g/mol. The second kappa shape index (κ2) is 5.42. The quantitative estimate of drug-likeness (QED) is 0.738.